The molecule has 0 aromatic heterocycles. The SMILES string of the molecule is O=P(O)(O)Oc1ccc(Cc2ccccc2)c(Cc2ccccc2)c1Cc1ccccc1. The van der Waals surface area contributed by atoms with Crippen molar-refractivity contribution < 1.29 is 18.9 Å². The van der Waals surface area contributed by atoms with E-state index < -0.39 is 7.82 Å². The van der Waals surface area contributed by atoms with E-state index in [1.54, 1.807) is 6.07 Å². The van der Waals surface area contributed by atoms with Crippen LogP contribution in [-0.4, -0.2) is 9.79 Å². The van der Waals surface area contributed by atoms with Crippen LogP contribution >= 0.6 is 7.82 Å². The number of hydrogen-bond donors (Lipinski definition) is 2. The van der Waals surface area contributed by atoms with Gasteiger partial charge in [0.25, 0.3) is 0 Å². The predicted molar refractivity (Wildman–Crippen MR) is 127 cm³/mol. The smallest absolute Gasteiger partial charge is 0.404 e. The Hall–Kier alpha value is -3.17. The number of phosphoric ester groups is 1. The van der Waals surface area contributed by atoms with Gasteiger partial charge < -0.3 is 4.52 Å². The molecule has 0 saturated heterocycles. The average Bonchev–Trinajstić information content (AvgIpc) is 2.79. The van der Waals surface area contributed by atoms with Crippen molar-refractivity contribution in [1.82, 2.24) is 0 Å². The fourth-order valence-electron chi connectivity index (χ4n) is 3.93. The Morgan fingerprint density at radius 1 is 0.562 bits per heavy atom. The highest BCUT2D eigenvalue weighted by Crippen LogP contribution is 2.42. The molecule has 32 heavy (non-hydrogen) atoms. The number of hydrogen-bond acceptors (Lipinski definition) is 2. The second-order valence-corrected chi connectivity index (χ2v) is 8.91. The second kappa shape index (κ2) is 9.97. The fraction of sp³-hybridized carbons (Fsp3) is 0.111. The molecule has 0 aliphatic rings. The lowest BCUT2D eigenvalue weighted by molar-refractivity contribution is 0.282. The minimum absolute atomic E-state index is 0.227. The van der Waals surface area contributed by atoms with Gasteiger partial charge in [-0.15, -0.1) is 0 Å². The summed E-state index contributed by atoms with van der Waals surface area (Å²) in [7, 11) is -4.70. The highest BCUT2D eigenvalue weighted by atomic mass is 31.2. The molecule has 4 nitrogen and oxygen atoms in total. The lowest BCUT2D eigenvalue weighted by Crippen LogP contribution is -2.06. The molecular weight excluding hydrogens is 419 g/mol. The molecule has 0 saturated carbocycles. The molecule has 0 fully saturated rings. The molecule has 0 aliphatic carbocycles. The number of rotatable bonds is 8. The average molecular weight is 444 g/mol. The highest BCUT2D eigenvalue weighted by Gasteiger charge is 2.22. The molecule has 0 atom stereocenters. The van der Waals surface area contributed by atoms with Gasteiger partial charge >= 0.3 is 7.82 Å². The third-order valence-corrected chi connectivity index (χ3v) is 5.82. The Bertz CT molecular complexity index is 1200. The zero-order chi connectivity index (χ0) is 22.4. The minimum Gasteiger partial charge on any atom is -0.404 e. The molecule has 0 bridgehead atoms. The van der Waals surface area contributed by atoms with Gasteiger partial charge in [0.05, 0.1) is 0 Å². The molecule has 4 aromatic rings. The summed E-state index contributed by atoms with van der Waals surface area (Å²) in [6.07, 6.45) is 1.88. The minimum atomic E-state index is -4.70. The summed E-state index contributed by atoms with van der Waals surface area (Å²) >= 11 is 0. The van der Waals surface area contributed by atoms with Crippen LogP contribution in [-0.2, 0) is 23.8 Å². The Morgan fingerprint density at radius 2 is 1.00 bits per heavy atom. The quantitative estimate of drug-likeness (QED) is 0.331. The molecule has 162 valence electrons. The third-order valence-electron chi connectivity index (χ3n) is 5.39. The Morgan fingerprint density at radius 3 is 1.47 bits per heavy atom. The summed E-state index contributed by atoms with van der Waals surface area (Å²) in [4.78, 5) is 19.1. The number of phosphoric acid groups is 1. The molecule has 0 spiro atoms. The Labute approximate surface area is 188 Å². The van der Waals surface area contributed by atoms with Crippen LogP contribution in [0.3, 0.4) is 0 Å². The van der Waals surface area contributed by atoms with Crippen molar-refractivity contribution >= 4 is 7.82 Å². The van der Waals surface area contributed by atoms with Crippen LogP contribution in [0.4, 0.5) is 0 Å². The lowest BCUT2D eigenvalue weighted by Gasteiger charge is -2.20. The van der Waals surface area contributed by atoms with E-state index in [1.165, 1.54) is 5.56 Å². The summed E-state index contributed by atoms with van der Waals surface area (Å²) in [6, 6.07) is 33.8. The summed E-state index contributed by atoms with van der Waals surface area (Å²) in [5.74, 6) is 0.227. The van der Waals surface area contributed by atoms with Crippen molar-refractivity contribution in [3.63, 3.8) is 0 Å². The lowest BCUT2D eigenvalue weighted by atomic mass is 9.88. The van der Waals surface area contributed by atoms with E-state index in [1.807, 2.05) is 72.8 Å². The summed E-state index contributed by atoms with van der Waals surface area (Å²) in [5.41, 5.74) is 6.31. The first-order valence-corrected chi connectivity index (χ1v) is 12.0. The summed E-state index contributed by atoms with van der Waals surface area (Å²) in [6.45, 7) is 0. The van der Waals surface area contributed by atoms with Gasteiger partial charge in [-0.3, -0.25) is 9.79 Å². The van der Waals surface area contributed by atoms with E-state index in [9.17, 15) is 14.4 Å². The van der Waals surface area contributed by atoms with E-state index in [-0.39, 0.29) is 5.75 Å². The van der Waals surface area contributed by atoms with Crippen molar-refractivity contribution in [2.45, 2.75) is 19.3 Å². The molecule has 4 aromatic carbocycles. The van der Waals surface area contributed by atoms with Crippen molar-refractivity contribution in [3.8, 4) is 5.75 Å². The monoisotopic (exact) mass is 444 g/mol. The molecule has 0 heterocycles. The Kier molecular flexibility index (Phi) is 6.87. The van der Waals surface area contributed by atoms with Crippen molar-refractivity contribution in [2.75, 3.05) is 0 Å². The molecule has 0 aliphatic heterocycles. The molecule has 0 amide bonds. The normalized spacial score (nSPS) is 11.3. The van der Waals surface area contributed by atoms with Crippen LogP contribution < -0.4 is 4.52 Å². The maximum atomic E-state index is 11.7. The predicted octanol–water partition coefficient (Wildman–Crippen LogP) is 5.93. The van der Waals surface area contributed by atoms with Crippen LogP contribution in [0, 0.1) is 0 Å². The van der Waals surface area contributed by atoms with Crippen LogP contribution in [0.15, 0.2) is 103 Å². The first-order chi connectivity index (χ1) is 15.5. The van der Waals surface area contributed by atoms with Crippen LogP contribution in [0.1, 0.15) is 33.4 Å². The molecule has 0 unspecified atom stereocenters. The third kappa shape index (κ3) is 5.95. The zero-order valence-corrected chi connectivity index (χ0v) is 18.5. The van der Waals surface area contributed by atoms with Gasteiger partial charge in [0.2, 0.25) is 0 Å². The molecule has 0 radical (unpaired) electrons. The van der Waals surface area contributed by atoms with Crippen LogP contribution in [0.2, 0.25) is 0 Å². The van der Waals surface area contributed by atoms with Gasteiger partial charge in [-0.05, 0) is 46.7 Å². The molecular formula is C27H25O4P. The molecule has 4 rings (SSSR count). The van der Waals surface area contributed by atoms with Crippen molar-refractivity contribution in [3.05, 3.63) is 137 Å². The van der Waals surface area contributed by atoms with E-state index in [2.05, 4.69) is 24.3 Å². The van der Waals surface area contributed by atoms with Gasteiger partial charge in [0, 0.05) is 12.0 Å². The van der Waals surface area contributed by atoms with E-state index in [0.29, 0.717) is 12.8 Å². The second-order valence-electron chi connectivity index (χ2n) is 7.75. The van der Waals surface area contributed by atoms with Crippen molar-refractivity contribution in [2.24, 2.45) is 0 Å². The maximum absolute atomic E-state index is 11.7. The zero-order valence-electron chi connectivity index (χ0n) is 17.6. The highest BCUT2D eigenvalue weighted by molar-refractivity contribution is 7.46. The summed E-state index contributed by atoms with van der Waals surface area (Å²) < 4.78 is 16.9. The van der Waals surface area contributed by atoms with Gasteiger partial charge in [-0.1, -0.05) is 97.1 Å². The van der Waals surface area contributed by atoms with Gasteiger partial charge in [-0.2, -0.15) is 0 Å². The van der Waals surface area contributed by atoms with Crippen LogP contribution in [0.5, 0.6) is 5.75 Å². The fourth-order valence-corrected chi connectivity index (χ4v) is 4.36. The van der Waals surface area contributed by atoms with Gasteiger partial charge in [0.1, 0.15) is 5.75 Å². The van der Waals surface area contributed by atoms with E-state index in [4.69, 9.17) is 4.52 Å². The molecule has 5 heteroatoms. The number of benzene rings is 4. The largest absolute Gasteiger partial charge is 0.524 e. The van der Waals surface area contributed by atoms with Gasteiger partial charge in [0.15, 0.2) is 0 Å². The van der Waals surface area contributed by atoms with E-state index in [0.717, 1.165) is 34.2 Å². The van der Waals surface area contributed by atoms with E-state index >= 15 is 0 Å². The standard InChI is InChI=1S/C27H25O4P/c28-32(29,30)31-27-17-16-24(18-21-10-4-1-5-11-21)25(19-22-12-6-2-7-13-22)26(27)20-23-14-8-3-9-15-23/h1-17H,18-20H2,(H2,28,29,30). The topological polar surface area (TPSA) is 66.8 Å². The van der Waals surface area contributed by atoms with Crippen molar-refractivity contribution in [1.29, 1.82) is 0 Å². The maximum Gasteiger partial charge on any atom is 0.524 e. The summed E-state index contributed by atoms with van der Waals surface area (Å²) in [5, 5.41) is 0. The van der Waals surface area contributed by atoms with Gasteiger partial charge in [-0.25, -0.2) is 4.57 Å². The molecule has 2 N–H and O–H groups in total. The first kappa shape index (κ1) is 22.0. The first-order valence-electron chi connectivity index (χ1n) is 10.5. The van der Waals surface area contributed by atoms with Crippen LogP contribution in [0.25, 0.3) is 0 Å². The Balaban J connectivity index is 1.85.